The van der Waals surface area contributed by atoms with E-state index >= 15 is 0 Å². The van der Waals surface area contributed by atoms with E-state index in [1.807, 2.05) is 0 Å². The van der Waals surface area contributed by atoms with Crippen LogP contribution in [0.3, 0.4) is 0 Å². The zero-order valence-corrected chi connectivity index (χ0v) is 12.7. The summed E-state index contributed by atoms with van der Waals surface area (Å²) >= 11 is 0. The van der Waals surface area contributed by atoms with E-state index < -0.39 is 5.97 Å². The van der Waals surface area contributed by atoms with Crippen LogP contribution in [0.4, 0.5) is 0 Å². The number of nitrogens with zero attached hydrogens (tertiary/aromatic N) is 2. The quantitative estimate of drug-likeness (QED) is 0.898. The van der Waals surface area contributed by atoms with Crippen LogP contribution in [0.5, 0.6) is 0 Å². The van der Waals surface area contributed by atoms with E-state index in [4.69, 9.17) is 9.52 Å². The summed E-state index contributed by atoms with van der Waals surface area (Å²) in [5, 5.41) is 17.6. The highest BCUT2D eigenvalue weighted by molar-refractivity contribution is 5.67. The van der Waals surface area contributed by atoms with Gasteiger partial charge in [0.2, 0.25) is 11.8 Å². The summed E-state index contributed by atoms with van der Waals surface area (Å²) in [4.78, 5) is 11.1. The van der Waals surface area contributed by atoms with Crippen LogP contribution in [-0.4, -0.2) is 21.3 Å². The first-order valence-electron chi connectivity index (χ1n) is 8.12. The SMILES string of the molecule is CC1CCCC1c1nnc(CC2(CC(=O)O)CCCC2)o1. The maximum Gasteiger partial charge on any atom is 0.303 e. The van der Waals surface area contributed by atoms with Gasteiger partial charge in [-0.05, 0) is 37.0 Å². The summed E-state index contributed by atoms with van der Waals surface area (Å²) in [5.41, 5.74) is -0.170. The van der Waals surface area contributed by atoms with E-state index in [1.54, 1.807) is 0 Å². The predicted octanol–water partition coefficient (Wildman–Crippen LogP) is 3.55. The Kier molecular flexibility index (Phi) is 4.00. The third-order valence-corrected chi connectivity index (χ3v) is 5.38. The zero-order chi connectivity index (χ0) is 14.9. The van der Waals surface area contributed by atoms with E-state index in [2.05, 4.69) is 17.1 Å². The van der Waals surface area contributed by atoms with Gasteiger partial charge < -0.3 is 9.52 Å². The number of carboxylic acids is 1. The Balaban J connectivity index is 1.72. The molecule has 0 spiro atoms. The molecule has 0 saturated heterocycles. The molecule has 1 N–H and O–H groups in total. The van der Waals surface area contributed by atoms with E-state index in [0.29, 0.717) is 24.1 Å². The lowest BCUT2D eigenvalue weighted by Gasteiger charge is -2.25. The fourth-order valence-electron chi connectivity index (χ4n) is 4.18. The molecule has 0 radical (unpaired) electrons. The van der Waals surface area contributed by atoms with Crippen molar-refractivity contribution in [3.63, 3.8) is 0 Å². The molecule has 1 heterocycles. The van der Waals surface area contributed by atoms with E-state index in [0.717, 1.165) is 38.0 Å². The molecule has 0 bridgehead atoms. The van der Waals surface area contributed by atoms with Gasteiger partial charge in [-0.1, -0.05) is 26.2 Å². The van der Waals surface area contributed by atoms with Crippen molar-refractivity contribution < 1.29 is 14.3 Å². The standard InChI is InChI=1S/C16H24N2O3/c1-11-5-4-6-12(11)15-18-17-13(21-15)9-16(10-14(19)20)7-2-3-8-16/h11-12H,2-10H2,1H3,(H,19,20). The van der Waals surface area contributed by atoms with Crippen LogP contribution in [0.25, 0.3) is 0 Å². The molecule has 1 aromatic heterocycles. The van der Waals surface area contributed by atoms with E-state index in [1.165, 1.54) is 12.8 Å². The van der Waals surface area contributed by atoms with Crippen molar-refractivity contribution in [1.82, 2.24) is 10.2 Å². The van der Waals surface area contributed by atoms with Gasteiger partial charge in [0.1, 0.15) is 0 Å². The molecule has 116 valence electrons. The molecular weight excluding hydrogens is 268 g/mol. The second-order valence-electron chi connectivity index (χ2n) is 7.00. The van der Waals surface area contributed by atoms with E-state index in [-0.39, 0.29) is 11.8 Å². The van der Waals surface area contributed by atoms with E-state index in [9.17, 15) is 4.79 Å². The highest BCUT2D eigenvalue weighted by atomic mass is 16.4. The van der Waals surface area contributed by atoms with Gasteiger partial charge in [0.25, 0.3) is 0 Å². The van der Waals surface area contributed by atoms with Gasteiger partial charge in [-0.2, -0.15) is 0 Å². The minimum absolute atomic E-state index is 0.170. The van der Waals surface area contributed by atoms with Gasteiger partial charge in [-0.15, -0.1) is 10.2 Å². The Bertz CT molecular complexity index is 505. The first-order valence-corrected chi connectivity index (χ1v) is 8.12. The van der Waals surface area contributed by atoms with Crippen molar-refractivity contribution in [3.05, 3.63) is 11.8 Å². The third-order valence-electron chi connectivity index (χ3n) is 5.38. The molecule has 2 fully saturated rings. The normalized spacial score (nSPS) is 28.0. The fraction of sp³-hybridized carbons (Fsp3) is 0.812. The summed E-state index contributed by atoms with van der Waals surface area (Å²) in [5.74, 6) is 1.68. The lowest BCUT2D eigenvalue weighted by molar-refractivity contribution is -0.139. The predicted molar refractivity (Wildman–Crippen MR) is 76.9 cm³/mol. The molecule has 2 unspecified atom stereocenters. The van der Waals surface area contributed by atoms with Crippen molar-refractivity contribution >= 4 is 5.97 Å². The maximum absolute atomic E-state index is 11.1. The molecular formula is C16H24N2O3. The second kappa shape index (κ2) is 5.78. The lowest BCUT2D eigenvalue weighted by atomic mass is 9.79. The molecule has 0 aromatic carbocycles. The maximum atomic E-state index is 11.1. The summed E-state index contributed by atoms with van der Waals surface area (Å²) in [6.45, 7) is 2.24. The van der Waals surface area contributed by atoms with Gasteiger partial charge in [0.15, 0.2) is 0 Å². The number of hydrogen-bond donors (Lipinski definition) is 1. The molecule has 5 nitrogen and oxygen atoms in total. The number of carboxylic acid groups (broad SMARTS) is 1. The smallest absolute Gasteiger partial charge is 0.303 e. The van der Waals surface area contributed by atoms with Crippen molar-refractivity contribution in [3.8, 4) is 0 Å². The number of hydrogen-bond acceptors (Lipinski definition) is 4. The van der Waals surface area contributed by atoms with Crippen LogP contribution in [0.2, 0.25) is 0 Å². The summed E-state index contributed by atoms with van der Waals surface area (Å²) in [6, 6.07) is 0. The molecule has 5 heteroatoms. The van der Waals surface area contributed by atoms with Crippen molar-refractivity contribution in [2.45, 2.75) is 70.6 Å². The van der Waals surface area contributed by atoms with Crippen LogP contribution in [0.15, 0.2) is 4.42 Å². The zero-order valence-electron chi connectivity index (χ0n) is 12.7. The number of rotatable bonds is 5. The molecule has 2 aliphatic carbocycles. The van der Waals surface area contributed by atoms with Crippen molar-refractivity contribution in [1.29, 1.82) is 0 Å². The summed E-state index contributed by atoms with van der Waals surface area (Å²) in [7, 11) is 0. The van der Waals surface area contributed by atoms with Gasteiger partial charge in [0.05, 0.1) is 6.42 Å². The molecule has 2 atom stereocenters. The number of aromatic nitrogens is 2. The number of carbonyl (C=O) groups is 1. The molecule has 2 aliphatic rings. The second-order valence-corrected chi connectivity index (χ2v) is 7.00. The first-order chi connectivity index (χ1) is 10.1. The minimum Gasteiger partial charge on any atom is -0.481 e. The molecule has 0 aliphatic heterocycles. The molecule has 0 amide bonds. The Morgan fingerprint density at radius 3 is 2.67 bits per heavy atom. The van der Waals surface area contributed by atoms with Gasteiger partial charge in [-0.3, -0.25) is 4.79 Å². The Labute approximate surface area is 125 Å². The average Bonchev–Trinajstić information content (AvgIpc) is 3.11. The van der Waals surface area contributed by atoms with Crippen LogP contribution in [0.1, 0.15) is 76.0 Å². The third kappa shape index (κ3) is 3.11. The van der Waals surface area contributed by atoms with Gasteiger partial charge in [-0.25, -0.2) is 0 Å². The highest BCUT2D eigenvalue weighted by Crippen LogP contribution is 2.44. The topological polar surface area (TPSA) is 76.2 Å². The fourth-order valence-corrected chi connectivity index (χ4v) is 4.18. The molecule has 1 aromatic rings. The van der Waals surface area contributed by atoms with Gasteiger partial charge >= 0.3 is 5.97 Å². The van der Waals surface area contributed by atoms with Crippen LogP contribution in [0, 0.1) is 11.3 Å². The van der Waals surface area contributed by atoms with Crippen molar-refractivity contribution in [2.24, 2.45) is 11.3 Å². The number of aliphatic carboxylic acids is 1. The minimum atomic E-state index is -0.721. The molecule has 21 heavy (non-hydrogen) atoms. The molecule has 3 rings (SSSR count). The monoisotopic (exact) mass is 292 g/mol. The van der Waals surface area contributed by atoms with Crippen molar-refractivity contribution in [2.75, 3.05) is 0 Å². The van der Waals surface area contributed by atoms with Crippen LogP contribution in [-0.2, 0) is 11.2 Å². The summed E-state index contributed by atoms with van der Waals surface area (Å²) in [6.07, 6.45) is 8.54. The summed E-state index contributed by atoms with van der Waals surface area (Å²) < 4.78 is 5.89. The van der Waals surface area contributed by atoms with Gasteiger partial charge in [0, 0.05) is 12.3 Å². The van der Waals surface area contributed by atoms with Crippen LogP contribution < -0.4 is 0 Å². The first kappa shape index (κ1) is 14.5. The largest absolute Gasteiger partial charge is 0.481 e. The van der Waals surface area contributed by atoms with Crippen LogP contribution >= 0.6 is 0 Å². The Morgan fingerprint density at radius 2 is 2.05 bits per heavy atom. The average molecular weight is 292 g/mol. The lowest BCUT2D eigenvalue weighted by Crippen LogP contribution is -2.24. The Morgan fingerprint density at radius 1 is 1.29 bits per heavy atom. The Hall–Kier alpha value is -1.39. The highest BCUT2D eigenvalue weighted by Gasteiger charge is 2.38. The molecule has 2 saturated carbocycles.